The molecule has 0 bridgehead atoms. The minimum atomic E-state index is -0.576. The van der Waals surface area contributed by atoms with Crippen molar-refractivity contribution in [1.82, 2.24) is 0 Å². The lowest BCUT2D eigenvalue weighted by Crippen LogP contribution is -2.15. The van der Waals surface area contributed by atoms with Crippen LogP contribution in [0.3, 0.4) is 0 Å². The summed E-state index contributed by atoms with van der Waals surface area (Å²) in [5.41, 5.74) is 0.355. The number of hydrogen-bond donors (Lipinski definition) is 0. The zero-order chi connectivity index (χ0) is 21.3. The Morgan fingerprint density at radius 1 is 0.700 bits per heavy atom. The van der Waals surface area contributed by atoms with E-state index in [9.17, 15) is 23.2 Å². The zero-order valence-electron chi connectivity index (χ0n) is 15.6. The van der Waals surface area contributed by atoms with Crippen LogP contribution in [0.2, 0.25) is 0 Å². The van der Waals surface area contributed by atoms with Crippen LogP contribution >= 0.6 is 0 Å². The second kappa shape index (κ2) is 7.79. The van der Waals surface area contributed by atoms with Crippen molar-refractivity contribution in [3.63, 3.8) is 0 Å². The van der Waals surface area contributed by atoms with Crippen LogP contribution in [-0.4, -0.2) is 17.9 Å². The zero-order valence-corrected chi connectivity index (χ0v) is 15.6. The maximum atomic E-state index is 13.3. The molecule has 0 unspecified atom stereocenters. The molecule has 0 N–H and O–H groups in total. The van der Waals surface area contributed by atoms with Crippen LogP contribution in [0, 0.1) is 11.6 Å². The number of carbonyl (C=O) groups excluding carboxylic acids is 3. The summed E-state index contributed by atoms with van der Waals surface area (Å²) < 4.78 is 26.6. The average Bonchev–Trinajstić information content (AvgIpc) is 2.77. The summed E-state index contributed by atoms with van der Waals surface area (Å²) in [5, 5.41) is 1.13. The van der Waals surface area contributed by atoms with E-state index < -0.39 is 23.2 Å². The fourth-order valence-corrected chi connectivity index (χ4v) is 3.42. The highest BCUT2D eigenvalue weighted by atomic mass is 19.1. The Kier molecular flexibility index (Phi) is 5.02. The first-order valence-corrected chi connectivity index (χ1v) is 9.11. The predicted molar refractivity (Wildman–Crippen MR) is 109 cm³/mol. The number of fused-ring (bicyclic) bond motifs is 1. The van der Waals surface area contributed by atoms with Gasteiger partial charge in [0, 0.05) is 27.8 Å². The first-order valence-electron chi connectivity index (χ1n) is 9.11. The molecule has 0 fully saturated rings. The van der Waals surface area contributed by atoms with E-state index in [2.05, 4.69) is 0 Å². The molecule has 4 rings (SSSR count). The van der Waals surface area contributed by atoms with Gasteiger partial charge >= 0.3 is 0 Å². The van der Waals surface area contributed by atoms with Crippen molar-refractivity contribution >= 4 is 28.6 Å². The topological polar surface area (TPSA) is 51.2 Å². The summed E-state index contributed by atoms with van der Waals surface area (Å²) in [6.45, 7) is 0. The van der Waals surface area contributed by atoms with Gasteiger partial charge in [0.15, 0.2) is 17.9 Å². The van der Waals surface area contributed by atoms with Crippen molar-refractivity contribution in [2.24, 2.45) is 0 Å². The van der Waals surface area contributed by atoms with Gasteiger partial charge in [-0.1, -0.05) is 24.3 Å². The molecule has 0 heterocycles. The van der Waals surface area contributed by atoms with Gasteiger partial charge < -0.3 is 0 Å². The van der Waals surface area contributed by atoms with Crippen LogP contribution in [0.5, 0.6) is 0 Å². The molecule has 146 valence electrons. The fourth-order valence-electron chi connectivity index (χ4n) is 3.42. The third kappa shape index (κ3) is 3.42. The molecular weight excluding hydrogens is 386 g/mol. The van der Waals surface area contributed by atoms with Crippen molar-refractivity contribution in [2.75, 3.05) is 0 Å². The highest BCUT2D eigenvalue weighted by Gasteiger charge is 2.25. The number of rotatable bonds is 5. The van der Waals surface area contributed by atoms with Gasteiger partial charge in [0.2, 0.25) is 0 Å². The molecule has 0 aliphatic heterocycles. The molecule has 3 nitrogen and oxygen atoms in total. The molecular formula is C25H14F2O3. The first kappa shape index (κ1) is 19.3. The lowest BCUT2D eigenvalue weighted by Gasteiger charge is -2.14. The SMILES string of the molecule is O=Cc1c(C(=O)c2ccc(F)cc2)c(C(=O)c2ccc(F)cc2)cc2ccccc12. The maximum absolute atomic E-state index is 13.3. The van der Waals surface area contributed by atoms with Gasteiger partial charge in [-0.05, 0) is 65.4 Å². The Labute approximate surface area is 170 Å². The number of benzene rings is 4. The van der Waals surface area contributed by atoms with Gasteiger partial charge in [0.1, 0.15) is 11.6 Å². The molecule has 30 heavy (non-hydrogen) atoms. The van der Waals surface area contributed by atoms with E-state index in [0.717, 1.165) is 24.3 Å². The minimum Gasteiger partial charge on any atom is -0.298 e. The molecule has 4 aromatic rings. The second-order valence-electron chi connectivity index (χ2n) is 6.72. The van der Waals surface area contributed by atoms with Crippen molar-refractivity contribution in [1.29, 1.82) is 0 Å². The van der Waals surface area contributed by atoms with E-state index in [0.29, 0.717) is 17.1 Å². The Hall–Kier alpha value is -3.99. The van der Waals surface area contributed by atoms with Crippen molar-refractivity contribution in [2.45, 2.75) is 0 Å². The molecule has 0 aromatic heterocycles. The number of ketones is 2. The monoisotopic (exact) mass is 400 g/mol. The maximum Gasteiger partial charge on any atom is 0.194 e. The van der Waals surface area contributed by atoms with E-state index in [-0.39, 0.29) is 27.8 Å². The van der Waals surface area contributed by atoms with E-state index in [4.69, 9.17) is 0 Å². The molecule has 0 aliphatic rings. The van der Waals surface area contributed by atoms with E-state index in [1.165, 1.54) is 24.3 Å². The number of halogens is 2. The molecule has 5 heteroatoms. The van der Waals surface area contributed by atoms with Gasteiger partial charge in [-0.2, -0.15) is 0 Å². The molecule has 0 amide bonds. The van der Waals surface area contributed by atoms with Crippen LogP contribution in [0.25, 0.3) is 10.8 Å². The molecule has 0 aliphatic carbocycles. The summed E-state index contributed by atoms with van der Waals surface area (Å²) in [5.74, 6) is -2.10. The molecule has 0 atom stereocenters. The van der Waals surface area contributed by atoms with Crippen LogP contribution < -0.4 is 0 Å². The first-order chi connectivity index (χ1) is 14.5. The third-order valence-electron chi connectivity index (χ3n) is 4.89. The standard InChI is InChI=1S/C25H14F2O3/c26-18-9-5-15(6-10-18)24(29)21-13-17-3-1-2-4-20(17)22(14-28)23(21)25(30)16-7-11-19(27)12-8-16/h1-14H. The fraction of sp³-hybridized carbons (Fsp3) is 0. The summed E-state index contributed by atoms with van der Waals surface area (Å²) in [4.78, 5) is 38.5. The van der Waals surface area contributed by atoms with Gasteiger partial charge in [-0.25, -0.2) is 8.78 Å². The third-order valence-corrected chi connectivity index (χ3v) is 4.89. The van der Waals surface area contributed by atoms with Crippen LogP contribution in [0.1, 0.15) is 42.2 Å². The van der Waals surface area contributed by atoms with Crippen LogP contribution in [0.15, 0.2) is 78.9 Å². The second-order valence-corrected chi connectivity index (χ2v) is 6.72. The van der Waals surface area contributed by atoms with Crippen LogP contribution in [0.4, 0.5) is 8.78 Å². The quantitative estimate of drug-likeness (QED) is 0.333. The highest BCUT2D eigenvalue weighted by Crippen LogP contribution is 2.29. The molecule has 0 saturated carbocycles. The summed E-state index contributed by atoms with van der Waals surface area (Å²) in [6.07, 6.45) is 0.542. The normalized spacial score (nSPS) is 10.7. The van der Waals surface area contributed by atoms with Crippen molar-refractivity contribution in [3.8, 4) is 0 Å². The summed E-state index contributed by atoms with van der Waals surface area (Å²) in [6, 6.07) is 18.3. The Morgan fingerprint density at radius 3 is 1.80 bits per heavy atom. The van der Waals surface area contributed by atoms with E-state index in [1.54, 1.807) is 30.3 Å². The largest absolute Gasteiger partial charge is 0.298 e. The minimum absolute atomic E-state index is 0.0248. The Morgan fingerprint density at radius 2 is 1.23 bits per heavy atom. The van der Waals surface area contributed by atoms with Crippen molar-refractivity contribution in [3.05, 3.63) is 118 Å². The van der Waals surface area contributed by atoms with Gasteiger partial charge in [-0.15, -0.1) is 0 Å². The Balaban J connectivity index is 2.00. The number of carbonyl (C=O) groups is 3. The lowest BCUT2D eigenvalue weighted by molar-refractivity contribution is 0.1000. The lowest BCUT2D eigenvalue weighted by atomic mass is 9.86. The summed E-state index contributed by atoms with van der Waals surface area (Å²) >= 11 is 0. The summed E-state index contributed by atoms with van der Waals surface area (Å²) in [7, 11) is 0. The number of aldehydes is 1. The molecule has 0 radical (unpaired) electrons. The predicted octanol–water partition coefficient (Wildman–Crippen LogP) is 5.39. The van der Waals surface area contributed by atoms with Crippen molar-refractivity contribution < 1.29 is 23.2 Å². The van der Waals surface area contributed by atoms with Crippen LogP contribution in [-0.2, 0) is 0 Å². The molecule has 4 aromatic carbocycles. The highest BCUT2D eigenvalue weighted by molar-refractivity contribution is 6.25. The van der Waals surface area contributed by atoms with Gasteiger partial charge in [0.25, 0.3) is 0 Å². The van der Waals surface area contributed by atoms with Gasteiger partial charge in [-0.3, -0.25) is 14.4 Å². The number of hydrogen-bond acceptors (Lipinski definition) is 3. The van der Waals surface area contributed by atoms with Gasteiger partial charge in [0.05, 0.1) is 0 Å². The Bertz CT molecular complexity index is 1290. The smallest absolute Gasteiger partial charge is 0.194 e. The molecule has 0 spiro atoms. The van der Waals surface area contributed by atoms with E-state index >= 15 is 0 Å². The van der Waals surface area contributed by atoms with E-state index in [1.807, 2.05) is 0 Å². The average molecular weight is 400 g/mol. The molecule has 0 saturated heterocycles.